The van der Waals surface area contributed by atoms with E-state index in [9.17, 15) is 18.0 Å². The molecule has 3 nitrogen and oxygen atoms in total. The lowest BCUT2D eigenvalue weighted by Gasteiger charge is -2.10. The maximum Gasteiger partial charge on any atom is 0.411 e. The molecule has 0 saturated carbocycles. The second-order valence-electron chi connectivity index (χ2n) is 3.02. The first kappa shape index (κ1) is 12.4. The lowest BCUT2D eigenvalue weighted by atomic mass is 10.2. The van der Waals surface area contributed by atoms with E-state index < -0.39 is 29.2 Å². The molecule has 16 heavy (non-hydrogen) atoms. The number of benzene rings is 1. The van der Waals surface area contributed by atoms with Crippen LogP contribution in [0.4, 0.5) is 23.7 Å². The van der Waals surface area contributed by atoms with Gasteiger partial charge in [0.15, 0.2) is 17.5 Å². The molecule has 0 aliphatic rings. The monoisotopic (exact) mass is 233 g/mol. The van der Waals surface area contributed by atoms with Crippen molar-refractivity contribution < 1.29 is 22.7 Å². The van der Waals surface area contributed by atoms with Gasteiger partial charge >= 0.3 is 6.09 Å². The summed E-state index contributed by atoms with van der Waals surface area (Å²) in [5.41, 5.74) is -0.346. The second-order valence-corrected chi connectivity index (χ2v) is 3.02. The Bertz CT molecular complexity index is 421. The number of anilines is 1. The zero-order valence-corrected chi connectivity index (χ0v) is 8.73. The van der Waals surface area contributed by atoms with Gasteiger partial charge in [0, 0.05) is 0 Å². The van der Waals surface area contributed by atoms with Crippen LogP contribution < -0.4 is 5.32 Å². The smallest absolute Gasteiger partial charge is 0.411 e. The fraction of sp³-hybridized carbons (Fsp3) is 0.300. The van der Waals surface area contributed by atoms with Crippen molar-refractivity contribution in [3.8, 4) is 0 Å². The van der Waals surface area contributed by atoms with Crippen LogP contribution >= 0.6 is 0 Å². The van der Waals surface area contributed by atoms with Gasteiger partial charge in [-0.1, -0.05) is 0 Å². The van der Waals surface area contributed by atoms with Gasteiger partial charge in [-0.3, -0.25) is 5.32 Å². The third-order valence-electron chi connectivity index (χ3n) is 1.86. The Kier molecular flexibility index (Phi) is 3.76. The number of ether oxygens (including phenoxy) is 1. The van der Waals surface area contributed by atoms with Crippen LogP contribution in [0.5, 0.6) is 0 Å². The van der Waals surface area contributed by atoms with Crippen molar-refractivity contribution >= 4 is 11.8 Å². The fourth-order valence-corrected chi connectivity index (χ4v) is 1.14. The summed E-state index contributed by atoms with van der Waals surface area (Å²) in [4.78, 5) is 11.0. The van der Waals surface area contributed by atoms with Gasteiger partial charge in [0.25, 0.3) is 0 Å². The number of hydrogen-bond donors (Lipinski definition) is 1. The molecule has 0 saturated heterocycles. The van der Waals surface area contributed by atoms with E-state index in [0.717, 1.165) is 6.07 Å². The highest BCUT2D eigenvalue weighted by molar-refractivity contribution is 5.85. The molecule has 0 aliphatic heterocycles. The zero-order chi connectivity index (χ0) is 12.3. The first-order valence-electron chi connectivity index (χ1n) is 4.55. The molecule has 88 valence electrons. The first-order chi connectivity index (χ1) is 7.47. The number of carbonyl (C=O) groups excluding carboxylic acids is 1. The van der Waals surface area contributed by atoms with Crippen molar-refractivity contribution in [3.63, 3.8) is 0 Å². The van der Waals surface area contributed by atoms with Gasteiger partial charge in [-0.05, 0) is 25.5 Å². The number of carbonyl (C=O) groups is 1. The SMILES string of the molecule is CCOC(=O)Nc1c(C)cc(F)c(F)c1F. The molecule has 1 aromatic carbocycles. The molecule has 1 rings (SSSR count). The van der Waals surface area contributed by atoms with E-state index in [4.69, 9.17) is 0 Å². The molecular formula is C10H10F3NO2. The molecule has 0 radical (unpaired) electrons. The standard InChI is InChI=1S/C10H10F3NO2/c1-3-16-10(15)14-9-5(2)4-6(11)7(12)8(9)13/h4H,3H2,1-2H3,(H,14,15). The maximum atomic E-state index is 13.2. The predicted molar refractivity (Wildman–Crippen MR) is 51.7 cm³/mol. The summed E-state index contributed by atoms with van der Waals surface area (Å²) >= 11 is 0. The molecule has 0 unspecified atom stereocenters. The molecule has 1 amide bonds. The third-order valence-corrected chi connectivity index (χ3v) is 1.86. The summed E-state index contributed by atoms with van der Waals surface area (Å²) in [6.45, 7) is 3.00. The van der Waals surface area contributed by atoms with Crippen LogP contribution in [0.2, 0.25) is 0 Å². The van der Waals surface area contributed by atoms with Gasteiger partial charge in [-0.25, -0.2) is 18.0 Å². The van der Waals surface area contributed by atoms with Gasteiger partial charge in [0.05, 0.1) is 12.3 Å². The maximum absolute atomic E-state index is 13.2. The van der Waals surface area contributed by atoms with Gasteiger partial charge in [-0.15, -0.1) is 0 Å². The predicted octanol–water partition coefficient (Wildman–Crippen LogP) is 2.98. The van der Waals surface area contributed by atoms with Crippen LogP contribution in [0, 0.1) is 24.4 Å². The molecule has 0 bridgehead atoms. The Morgan fingerprint density at radius 1 is 1.38 bits per heavy atom. The summed E-state index contributed by atoms with van der Waals surface area (Å²) in [7, 11) is 0. The molecule has 1 N–H and O–H groups in total. The van der Waals surface area contributed by atoms with Crippen molar-refractivity contribution in [2.24, 2.45) is 0 Å². The Labute approximate surface area is 90.2 Å². The van der Waals surface area contributed by atoms with Crippen molar-refractivity contribution in [1.29, 1.82) is 0 Å². The summed E-state index contributed by atoms with van der Waals surface area (Å²) in [5, 5.41) is 2.00. The Morgan fingerprint density at radius 2 is 2.00 bits per heavy atom. The number of nitrogens with one attached hydrogen (secondary N) is 1. The lowest BCUT2D eigenvalue weighted by Crippen LogP contribution is -2.16. The average molecular weight is 233 g/mol. The van der Waals surface area contributed by atoms with E-state index in [-0.39, 0.29) is 12.2 Å². The Balaban J connectivity index is 3.05. The second kappa shape index (κ2) is 4.87. The van der Waals surface area contributed by atoms with E-state index in [1.54, 1.807) is 6.92 Å². The molecule has 0 aliphatic carbocycles. The number of halogens is 3. The van der Waals surface area contributed by atoms with E-state index >= 15 is 0 Å². The number of aryl methyl sites for hydroxylation is 1. The van der Waals surface area contributed by atoms with Gasteiger partial charge in [0.1, 0.15) is 0 Å². The van der Waals surface area contributed by atoms with Gasteiger partial charge in [-0.2, -0.15) is 0 Å². The summed E-state index contributed by atoms with van der Waals surface area (Å²) in [5.74, 6) is -4.37. The van der Waals surface area contributed by atoms with Crippen molar-refractivity contribution in [1.82, 2.24) is 0 Å². The average Bonchev–Trinajstić information content (AvgIpc) is 2.22. The molecule has 0 aromatic heterocycles. The van der Waals surface area contributed by atoms with Crippen LogP contribution in [0.1, 0.15) is 12.5 Å². The van der Waals surface area contributed by atoms with Crippen LogP contribution in [-0.2, 0) is 4.74 Å². The minimum absolute atomic E-state index is 0.0736. The summed E-state index contributed by atoms with van der Waals surface area (Å²) in [6, 6.07) is 0.792. The highest BCUT2D eigenvalue weighted by Gasteiger charge is 2.18. The van der Waals surface area contributed by atoms with Crippen molar-refractivity contribution in [2.45, 2.75) is 13.8 Å². The van der Waals surface area contributed by atoms with Gasteiger partial charge < -0.3 is 4.74 Å². The van der Waals surface area contributed by atoms with Crippen LogP contribution in [-0.4, -0.2) is 12.7 Å². The van der Waals surface area contributed by atoms with E-state index in [1.165, 1.54) is 6.92 Å². The third kappa shape index (κ3) is 2.44. The Morgan fingerprint density at radius 3 is 2.56 bits per heavy atom. The quantitative estimate of drug-likeness (QED) is 0.797. The van der Waals surface area contributed by atoms with Crippen molar-refractivity contribution in [2.75, 3.05) is 11.9 Å². The molecule has 1 aromatic rings. The number of hydrogen-bond acceptors (Lipinski definition) is 2. The van der Waals surface area contributed by atoms with E-state index in [2.05, 4.69) is 4.74 Å². The molecule has 0 heterocycles. The van der Waals surface area contributed by atoms with Gasteiger partial charge in [0.2, 0.25) is 0 Å². The minimum atomic E-state index is -1.63. The van der Waals surface area contributed by atoms with Crippen LogP contribution in [0.3, 0.4) is 0 Å². The van der Waals surface area contributed by atoms with Crippen molar-refractivity contribution in [3.05, 3.63) is 29.1 Å². The van der Waals surface area contributed by atoms with Crippen LogP contribution in [0.15, 0.2) is 6.07 Å². The minimum Gasteiger partial charge on any atom is -0.450 e. The van der Waals surface area contributed by atoms with E-state index in [0.29, 0.717) is 0 Å². The lowest BCUT2D eigenvalue weighted by molar-refractivity contribution is 0.167. The molecule has 0 atom stereocenters. The fourth-order valence-electron chi connectivity index (χ4n) is 1.14. The first-order valence-corrected chi connectivity index (χ1v) is 4.55. The summed E-state index contributed by atoms with van der Waals surface area (Å²) < 4.78 is 43.3. The molecule has 6 heteroatoms. The highest BCUT2D eigenvalue weighted by atomic mass is 19.2. The van der Waals surface area contributed by atoms with E-state index in [1.807, 2.05) is 5.32 Å². The topological polar surface area (TPSA) is 38.3 Å². The normalized spacial score (nSPS) is 10.1. The zero-order valence-electron chi connectivity index (χ0n) is 8.73. The summed E-state index contributed by atoms with van der Waals surface area (Å²) in [6.07, 6.45) is -0.921. The number of amides is 1. The number of rotatable bonds is 2. The van der Waals surface area contributed by atoms with Crippen LogP contribution in [0.25, 0.3) is 0 Å². The molecule has 0 spiro atoms. The highest BCUT2D eigenvalue weighted by Crippen LogP contribution is 2.24. The largest absolute Gasteiger partial charge is 0.450 e. The molecule has 0 fully saturated rings. The molecular weight excluding hydrogens is 223 g/mol. The Hall–Kier alpha value is -1.72.